The molecule has 18 heavy (non-hydrogen) atoms. The molecule has 1 aromatic carbocycles. The van der Waals surface area contributed by atoms with E-state index in [1.807, 2.05) is 0 Å². The number of hydrogen-bond donors (Lipinski definition) is 1. The fourth-order valence-electron chi connectivity index (χ4n) is 1.49. The molecule has 0 saturated carbocycles. The molecule has 0 aromatic heterocycles. The molecule has 0 aliphatic heterocycles. The minimum atomic E-state index is -0.429. The van der Waals surface area contributed by atoms with Crippen LogP contribution in [0.2, 0.25) is 0 Å². The summed E-state index contributed by atoms with van der Waals surface area (Å²) >= 11 is 5.58. The van der Waals surface area contributed by atoms with Crippen molar-refractivity contribution >= 4 is 23.2 Å². The number of halogens is 1. The third-order valence-corrected chi connectivity index (χ3v) is 3.21. The van der Waals surface area contributed by atoms with Crippen molar-refractivity contribution in [1.29, 1.82) is 0 Å². The van der Waals surface area contributed by atoms with Crippen molar-refractivity contribution in [3.8, 4) is 0 Å². The molecule has 0 aliphatic carbocycles. The fraction of sp³-hybridized carbons (Fsp3) is 0.417. The second-order valence-electron chi connectivity index (χ2n) is 4.09. The molecule has 1 atom stereocenters. The SMILES string of the molecule is Cc1c(CNC(=O)C(C)CCl)cccc1[N+](=O)[O-]. The molecule has 1 rings (SSSR count). The van der Waals surface area contributed by atoms with Crippen LogP contribution in [0.5, 0.6) is 0 Å². The van der Waals surface area contributed by atoms with Crippen molar-refractivity contribution in [3.63, 3.8) is 0 Å². The Balaban J connectivity index is 2.77. The van der Waals surface area contributed by atoms with E-state index in [4.69, 9.17) is 11.6 Å². The Morgan fingerprint density at radius 2 is 2.22 bits per heavy atom. The summed E-state index contributed by atoms with van der Waals surface area (Å²) in [5.41, 5.74) is 1.37. The first kappa shape index (κ1) is 14.4. The number of nitro groups is 1. The second-order valence-corrected chi connectivity index (χ2v) is 4.40. The van der Waals surface area contributed by atoms with Gasteiger partial charge in [0, 0.05) is 30.0 Å². The van der Waals surface area contributed by atoms with Crippen molar-refractivity contribution in [1.82, 2.24) is 5.32 Å². The molecular formula is C12H15ClN2O3. The molecule has 0 heterocycles. The van der Waals surface area contributed by atoms with Gasteiger partial charge in [-0.15, -0.1) is 11.6 Å². The molecule has 1 amide bonds. The standard InChI is InChI=1S/C12H15ClN2O3/c1-8(6-13)12(16)14-7-10-4-3-5-11(9(10)2)15(17)18/h3-5,8H,6-7H2,1-2H3,(H,14,16). The lowest BCUT2D eigenvalue weighted by Crippen LogP contribution is -2.29. The van der Waals surface area contributed by atoms with Gasteiger partial charge in [-0.2, -0.15) is 0 Å². The molecule has 1 aromatic rings. The highest BCUT2D eigenvalue weighted by Crippen LogP contribution is 2.20. The van der Waals surface area contributed by atoms with Crippen LogP contribution in [0, 0.1) is 23.0 Å². The van der Waals surface area contributed by atoms with Gasteiger partial charge in [0.25, 0.3) is 5.69 Å². The zero-order valence-electron chi connectivity index (χ0n) is 10.3. The number of benzene rings is 1. The Labute approximate surface area is 110 Å². The normalized spacial score (nSPS) is 11.9. The molecule has 0 fully saturated rings. The summed E-state index contributed by atoms with van der Waals surface area (Å²) in [4.78, 5) is 21.9. The first-order valence-corrected chi connectivity index (χ1v) is 6.07. The number of amides is 1. The van der Waals surface area contributed by atoms with Gasteiger partial charge in [0.2, 0.25) is 5.91 Å². The average molecular weight is 271 g/mol. The van der Waals surface area contributed by atoms with Crippen LogP contribution in [-0.2, 0) is 11.3 Å². The quantitative estimate of drug-likeness (QED) is 0.507. The Hall–Kier alpha value is -1.62. The topological polar surface area (TPSA) is 72.2 Å². The van der Waals surface area contributed by atoms with E-state index < -0.39 is 4.92 Å². The summed E-state index contributed by atoms with van der Waals surface area (Å²) in [5, 5.41) is 13.5. The highest BCUT2D eigenvalue weighted by atomic mass is 35.5. The molecule has 0 radical (unpaired) electrons. The third-order valence-electron chi connectivity index (χ3n) is 2.75. The minimum absolute atomic E-state index is 0.0622. The monoisotopic (exact) mass is 270 g/mol. The maximum Gasteiger partial charge on any atom is 0.272 e. The molecular weight excluding hydrogens is 256 g/mol. The fourth-order valence-corrected chi connectivity index (χ4v) is 1.63. The summed E-state index contributed by atoms with van der Waals surface area (Å²) < 4.78 is 0. The number of nitrogens with zero attached hydrogens (tertiary/aromatic N) is 1. The molecule has 5 nitrogen and oxygen atoms in total. The van der Waals surface area contributed by atoms with Crippen molar-refractivity contribution in [2.45, 2.75) is 20.4 Å². The van der Waals surface area contributed by atoms with Gasteiger partial charge < -0.3 is 5.32 Å². The van der Waals surface area contributed by atoms with E-state index in [2.05, 4.69) is 5.32 Å². The molecule has 0 bridgehead atoms. The van der Waals surface area contributed by atoms with Gasteiger partial charge in [-0.05, 0) is 12.5 Å². The predicted octanol–water partition coefficient (Wildman–Crippen LogP) is 2.39. The number of hydrogen-bond acceptors (Lipinski definition) is 3. The van der Waals surface area contributed by atoms with Crippen LogP contribution in [0.25, 0.3) is 0 Å². The molecule has 0 saturated heterocycles. The van der Waals surface area contributed by atoms with Crippen LogP contribution in [0.3, 0.4) is 0 Å². The smallest absolute Gasteiger partial charge is 0.272 e. The van der Waals surface area contributed by atoms with Gasteiger partial charge in [0.05, 0.1) is 4.92 Å². The van der Waals surface area contributed by atoms with Gasteiger partial charge in [0.15, 0.2) is 0 Å². The molecule has 0 spiro atoms. The molecule has 98 valence electrons. The maximum atomic E-state index is 11.5. The number of carbonyl (C=O) groups excluding carboxylic acids is 1. The summed E-state index contributed by atoms with van der Waals surface area (Å²) in [5.74, 6) is -0.179. The van der Waals surface area contributed by atoms with Crippen LogP contribution in [0.15, 0.2) is 18.2 Å². The molecule has 1 N–H and O–H groups in total. The van der Waals surface area contributed by atoms with Crippen LogP contribution in [-0.4, -0.2) is 16.7 Å². The lowest BCUT2D eigenvalue weighted by Gasteiger charge is -2.11. The molecule has 6 heteroatoms. The third kappa shape index (κ3) is 3.43. The van der Waals surface area contributed by atoms with Crippen molar-refractivity contribution < 1.29 is 9.72 Å². The first-order chi connectivity index (χ1) is 8.47. The zero-order chi connectivity index (χ0) is 13.7. The van der Waals surface area contributed by atoms with Crippen molar-refractivity contribution in [2.24, 2.45) is 5.92 Å². The average Bonchev–Trinajstić information content (AvgIpc) is 2.35. The van der Waals surface area contributed by atoms with E-state index >= 15 is 0 Å². The maximum absolute atomic E-state index is 11.5. The summed E-state index contributed by atoms with van der Waals surface area (Å²) in [7, 11) is 0. The predicted molar refractivity (Wildman–Crippen MR) is 69.6 cm³/mol. The summed E-state index contributed by atoms with van der Waals surface area (Å²) in [6.45, 7) is 3.67. The number of alkyl halides is 1. The van der Waals surface area contributed by atoms with E-state index in [9.17, 15) is 14.9 Å². The van der Waals surface area contributed by atoms with Gasteiger partial charge in [-0.3, -0.25) is 14.9 Å². The van der Waals surface area contributed by atoms with E-state index in [-0.39, 0.29) is 29.9 Å². The first-order valence-electron chi connectivity index (χ1n) is 5.54. The zero-order valence-corrected chi connectivity index (χ0v) is 11.0. The Kier molecular flexibility index (Phi) is 5.09. The minimum Gasteiger partial charge on any atom is -0.352 e. The lowest BCUT2D eigenvalue weighted by molar-refractivity contribution is -0.385. The molecule has 0 aliphatic rings. The van der Waals surface area contributed by atoms with E-state index in [0.29, 0.717) is 5.56 Å². The van der Waals surface area contributed by atoms with E-state index in [0.717, 1.165) is 5.56 Å². The summed E-state index contributed by atoms with van der Waals surface area (Å²) in [6, 6.07) is 4.81. The Morgan fingerprint density at radius 1 is 1.56 bits per heavy atom. The number of rotatable bonds is 5. The summed E-state index contributed by atoms with van der Waals surface area (Å²) in [6.07, 6.45) is 0. The number of carbonyl (C=O) groups is 1. The largest absolute Gasteiger partial charge is 0.352 e. The Bertz CT molecular complexity index is 463. The van der Waals surface area contributed by atoms with Gasteiger partial charge >= 0.3 is 0 Å². The van der Waals surface area contributed by atoms with Crippen LogP contribution in [0.4, 0.5) is 5.69 Å². The van der Waals surface area contributed by atoms with Gasteiger partial charge in [-0.1, -0.05) is 19.1 Å². The number of nitro benzene ring substituents is 1. The van der Waals surface area contributed by atoms with Gasteiger partial charge in [-0.25, -0.2) is 0 Å². The molecule has 1 unspecified atom stereocenters. The lowest BCUT2D eigenvalue weighted by atomic mass is 10.1. The van der Waals surface area contributed by atoms with Crippen LogP contribution in [0.1, 0.15) is 18.1 Å². The Morgan fingerprint density at radius 3 is 2.78 bits per heavy atom. The van der Waals surface area contributed by atoms with Crippen LogP contribution < -0.4 is 5.32 Å². The highest BCUT2D eigenvalue weighted by molar-refractivity contribution is 6.19. The van der Waals surface area contributed by atoms with E-state index in [1.165, 1.54) is 6.07 Å². The van der Waals surface area contributed by atoms with Crippen molar-refractivity contribution in [2.75, 3.05) is 5.88 Å². The highest BCUT2D eigenvalue weighted by Gasteiger charge is 2.15. The van der Waals surface area contributed by atoms with Crippen LogP contribution >= 0.6 is 11.6 Å². The van der Waals surface area contributed by atoms with E-state index in [1.54, 1.807) is 26.0 Å². The van der Waals surface area contributed by atoms with Gasteiger partial charge in [0.1, 0.15) is 0 Å². The second kappa shape index (κ2) is 6.35. The number of nitrogens with one attached hydrogen (secondary N) is 1. The van der Waals surface area contributed by atoms with Crippen molar-refractivity contribution in [3.05, 3.63) is 39.4 Å².